The van der Waals surface area contributed by atoms with Crippen molar-refractivity contribution in [2.75, 3.05) is 13.2 Å². The van der Waals surface area contributed by atoms with E-state index < -0.39 is 5.60 Å². The van der Waals surface area contributed by atoms with Gasteiger partial charge in [-0.15, -0.1) is 0 Å². The number of amidine groups is 1. The topological polar surface area (TPSA) is 83.1 Å². The molecule has 0 saturated heterocycles. The standard InChI is InChI=1S/C24H28N2O4S/c1-15-10-22-18(12-21(15)29-16(2)27)8-9-24(3,30-22)14-28-19-6-4-17(5-7-19)11-20-13-26-23(25)31-20/h4-7,10,12,20H,8-9,11,13-14H2,1-3H3,(H2,25,26). The van der Waals surface area contributed by atoms with Crippen LogP contribution in [-0.2, 0) is 17.6 Å². The second kappa shape index (κ2) is 8.83. The summed E-state index contributed by atoms with van der Waals surface area (Å²) < 4.78 is 17.7. The molecule has 2 aliphatic rings. The number of ether oxygens (including phenoxy) is 3. The molecule has 2 unspecified atom stereocenters. The molecule has 31 heavy (non-hydrogen) atoms. The quantitative estimate of drug-likeness (QED) is 0.539. The Kier molecular flexibility index (Phi) is 6.14. The number of nitrogens with zero attached hydrogens (tertiary/aromatic N) is 1. The Labute approximate surface area is 187 Å². The van der Waals surface area contributed by atoms with Crippen molar-refractivity contribution in [3.05, 3.63) is 53.1 Å². The zero-order valence-electron chi connectivity index (χ0n) is 18.1. The number of aryl methyl sites for hydroxylation is 2. The minimum atomic E-state index is -0.420. The van der Waals surface area contributed by atoms with Crippen molar-refractivity contribution in [1.29, 1.82) is 0 Å². The van der Waals surface area contributed by atoms with Gasteiger partial charge >= 0.3 is 5.97 Å². The number of esters is 1. The van der Waals surface area contributed by atoms with Crippen molar-refractivity contribution in [2.24, 2.45) is 10.7 Å². The number of thioether (sulfide) groups is 1. The highest BCUT2D eigenvalue weighted by Crippen LogP contribution is 2.37. The van der Waals surface area contributed by atoms with Crippen LogP contribution in [0.15, 0.2) is 41.4 Å². The number of nitrogens with two attached hydrogens (primary N) is 1. The molecule has 0 aliphatic carbocycles. The molecule has 164 valence electrons. The molecule has 0 aromatic heterocycles. The predicted octanol–water partition coefficient (Wildman–Crippen LogP) is 4.06. The first-order valence-corrected chi connectivity index (χ1v) is 11.4. The predicted molar refractivity (Wildman–Crippen MR) is 123 cm³/mol. The molecule has 2 aromatic carbocycles. The number of aliphatic imine (C=N–C) groups is 1. The second-order valence-corrected chi connectivity index (χ2v) is 9.75. The van der Waals surface area contributed by atoms with Crippen LogP contribution in [0.5, 0.6) is 17.2 Å². The molecule has 6 nitrogen and oxygen atoms in total. The maximum absolute atomic E-state index is 11.3. The van der Waals surface area contributed by atoms with Crippen LogP contribution >= 0.6 is 11.8 Å². The van der Waals surface area contributed by atoms with Gasteiger partial charge in [0.1, 0.15) is 29.5 Å². The van der Waals surface area contributed by atoms with Crippen LogP contribution in [0, 0.1) is 6.92 Å². The highest BCUT2D eigenvalue weighted by atomic mass is 32.2. The molecule has 2 aliphatic heterocycles. The Morgan fingerprint density at radius 1 is 1.32 bits per heavy atom. The van der Waals surface area contributed by atoms with E-state index in [0.29, 0.717) is 22.8 Å². The van der Waals surface area contributed by atoms with Crippen LogP contribution in [0.1, 0.15) is 37.0 Å². The third-order valence-corrected chi connectivity index (χ3v) is 6.58. The lowest BCUT2D eigenvalue weighted by Gasteiger charge is -2.36. The van der Waals surface area contributed by atoms with Gasteiger partial charge < -0.3 is 19.9 Å². The first-order valence-electron chi connectivity index (χ1n) is 10.5. The molecule has 4 rings (SSSR count). The number of carbonyl (C=O) groups excluding carboxylic acids is 1. The van der Waals surface area contributed by atoms with Crippen LogP contribution in [0.25, 0.3) is 0 Å². The first kappa shape index (κ1) is 21.6. The minimum Gasteiger partial charge on any atom is -0.489 e. The fourth-order valence-corrected chi connectivity index (χ4v) is 4.76. The third kappa shape index (κ3) is 5.34. The first-order chi connectivity index (χ1) is 14.8. The summed E-state index contributed by atoms with van der Waals surface area (Å²) in [4.78, 5) is 15.6. The molecular weight excluding hydrogens is 412 g/mol. The fourth-order valence-electron chi connectivity index (χ4n) is 3.84. The maximum atomic E-state index is 11.3. The van der Waals surface area contributed by atoms with Crippen molar-refractivity contribution in [2.45, 2.75) is 50.9 Å². The number of rotatable bonds is 6. The average molecular weight is 441 g/mol. The number of fused-ring (bicyclic) bond motifs is 1. The summed E-state index contributed by atoms with van der Waals surface area (Å²) in [6, 6.07) is 12.1. The zero-order chi connectivity index (χ0) is 22.0. The third-order valence-electron chi connectivity index (χ3n) is 5.56. The largest absolute Gasteiger partial charge is 0.489 e. The molecule has 7 heteroatoms. The Morgan fingerprint density at radius 3 is 2.77 bits per heavy atom. The maximum Gasteiger partial charge on any atom is 0.308 e. The molecule has 2 aromatic rings. The van der Waals surface area contributed by atoms with E-state index in [4.69, 9.17) is 19.9 Å². The lowest BCUT2D eigenvalue weighted by Crippen LogP contribution is -2.42. The van der Waals surface area contributed by atoms with Gasteiger partial charge in [-0.3, -0.25) is 9.79 Å². The van der Waals surface area contributed by atoms with Gasteiger partial charge in [-0.1, -0.05) is 23.9 Å². The van der Waals surface area contributed by atoms with Gasteiger partial charge in [0.15, 0.2) is 5.17 Å². The molecule has 0 fully saturated rings. The molecule has 0 bridgehead atoms. The van der Waals surface area contributed by atoms with Gasteiger partial charge in [0.2, 0.25) is 0 Å². The second-order valence-electron chi connectivity index (χ2n) is 8.43. The van der Waals surface area contributed by atoms with Crippen molar-refractivity contribution >= 4 is 22.9 Å². The minimum absolute atomic E-state index is 0.316. The number of hydrogen-bond acceptors (Lipinski definition) is 7. The van der Waals surface area contributed by atoms with Gasteiger partial charge in [0.25, 0.3) is 0 Å². The van der Waals surface area contributed by atoms with Gasteiger partial charge in [-0.05, 0) is 74.1 Å². The van der Waals surface area contributed by atoms with Crippen molar-refractivity contribution < 1.29 is 19.0 Å². The molecule has 2 N–H and O–H groups in total. The van der Waals surface area contributed by atoms with Gasteiger partial charge in [-0.25, -0.2) is 0 Å². The summed E-state index contributed by atoms with van der Waals surface area (Å²) >= 11 is 1.65. The van der Waals surface area contributed by atoms with E-state index in [0.717, 1.165) is 48.4 Å². The van der Waals surface area contributed by atoms with Crippen LogP contribution < -0.4 is 19.9 Å². The summed E-state index contributed by atoms with van der Waals surface area (Å²) in [7, 11) is 0. The zero-order valence-corrected chi connectivity index (χ0v) is 19.0. The molecule has 0 radical (unpaired) electrons. The SMILES string of the molecule is CC(=O)Oc1cc2c(cc1C)OC(C)(COc1ccc(CC3CN=C(N)S3)cc1)CC2. The monoisotopic (exact) mass is 440 g/mol. The summed E-state index contributed by atoms with van der Waals surface area (Å²) in [5.41, 5.74) is 8.51. The smallest absolute Gasteiger partial charge is 0.308 e. The van der Waals surface area contributed by atoms with Crippen molar-refractivity contribution in [3.8, 4) is 17.2 Å². The molecular formula is C24H28N2O4S. The summed E-state index contributed by atoms with van der Waals surface area (Å²) in [5.74, 6) is 1.94. The van der Waals surface area contributed by atoms with Crippen LogP contribution in [-0.4, -0.2) is 35.1 Å². The highest BCUT2D eigenvalue weighted by Gasteiger charge is 2.33. The average Bonchev–Trinajstić information content (AvgIpc) is 3.13. The summed E-state index contributed by atoms with van der Waals surface area (Å²) in [6.07, 6.45) is 2.61. The molecule has 0 saturated carbocycles. The normalized spacial score (nSPS) is 22.3. The van der Waals surface area contributed by atoms with Crippen LogP contribution in [0.4, 0.5) is 0 Å². The van der Waals surface area contributed by atoms with Crippen molar-refractivity contribution in [1.82, 2.24) is 0 Å². The molecule has 0 spiro atoms. The highest BCUT2D eigenvalue weighted by molar-refractivity contribution is 8.14. The van der Waals surface area contributed by atoms with Crippen molar-refractivity contribution in [3.63, 3.8) is 0 Å². The summed E-state index contributed by atoms with van der Waals surface area (Å²) in [5, 5.41) is 1.11. The summed E-state index contributed by atoms with van der Waals surface area (Å²) in [6.45, 7) is 6.64. The van der Waals surface area contributed by atoms with E-state index in [1.54, 1.807) is 11.8 Å². The molecule has 2 heterocycles. The Morgan fingerprint density at radius 2 is 2.10 bits per heavy atom. The van der Waals surface area contributed by atoms with Gasteiger partial charge in [0.05, 0.1) is 6.54 Å². The fraction of sp³-hybridized carbons (Fsp3) is 0.417. The Balaban J connectivity index is 1.35. The van der Waals surface area contributed by atoms with Gasteiger partial charge in [0, 0.05) is 12.2 Å². The lowest BCUT2D eigenvalue weighted by atomic mass is 9.92. The number of carbonyl (C=O) groups is 1. The number of hydrogen-bond donors (Lipinski definition) is 1. The van der Waals surface area contributed by atoms with E-state index in [2.05, 4.69) is 24.0 Å². The lowest BCUT2D eigenvalue weighted by molar-refractivity contribution is -0.131. The Hall–Kier alpha value is -2.67. The van der Waals surface area contributed by atoms with E-state index >= 15 is 0 Å². The Bertz CT molecular complexity index is 1010. The van der Waals surface area contributed by atoms with E-state index in [1.807, 2.05) is 31.2 Å². The molecule has 0 amide bonds. The van der Waals surface area contributed by atoms with E-state index in [-0.39, 0.29) is 5.97 Å². The van der Waals surface area contributed by atoms with E-state index in [1.165, 1.54) is 12.5 Å². The molecule has 2 atom stereocenters. The van der Waals surface area contributed by atoms with Crippen LogP contribution in [0.2, 0.25) is 0 Å². The van der Waals surface area contributed by atoms with Crippen LogP contribution in [0.3, 0.4) is 0 Å². The van der Waals surface area contributed by atoms with Gasteiger partial charge in [-0.2, -0.15) is 0 Å². The number of benzene rings is 2. The van der Waals surface area contributed by atoms with E-state index in [9.17, 15) is 4.79 Å².